The molecule has 0 atom stereocenters. The van der Waals surface area contributed by atoms with Gasteiger partial charge in [0.15, 0.2) is 0 Å². The lowest BCUT2D eigenvalue weighted by Crippen LogP contribution is -1.93. The second kappa shape index (κ2) is 4.95. The Hall–Kier alpha value is -2.10. The molecule has 0 unspecified atom stereocenters. The van der Waals surface area contributed by atoms with Crippen LogP contribution in [-0.2, 0) is 0 Å². The van der Waals surface area contributed by atoms with Crippen molar-refractivity contribution < 1.29 is 4.42 Å². The van der Waals surface area contributed by atoms with Crippen LogP contribution in [0.2, 0.25) is 0 Å². The van der Waals surface area contributed by atoms with Crippen molar-refractivity contribution in [1.29, 1.82) is 0 Å². The standard InChI is InChI=1S/C11H12N2O2/c1-4-8(3)6-7-9(5-2)10-12-13-11(14)15-10/h4-7H,1-2H2,3H3,(H,13,14)/b8-6-,9-7+. The molecule has 0 aliphatic rings. The highest BCUT2D eigenvalue weighted by Crippen LogP contribution is 2.11. The Balaban J connectivity index is 3.04. The van der Waals surface area contributed by atoms with Crippen LogP contribution in [0.4, 0.5) is 0 Å². The summed E-state index contributed by atoms with van der Waals surface area (Å²) in [5.41, 5.74) is 1.63. The molecular formula is C11H12N2O2. The minimum absolute atomic E-state index is 0.225. The minimum atomic E-state index is -0.581. The van der Waals surface area contributed by atoms with E-state index in [1.54, 1.807) is 18.2 Å². The maximum atomic E-state index is 10.7. The van der Waals surface area contributed by atoms with E-state index in [1.807, 2.05) is 13.0 Å². The van der Waals surface area contributed by atoms with Crippen molar-refractivity contribution in [2.75, 3.05) is 0 Å². The van der Waals surface area contributed by atoms with Gasteiger partial charge in [-0.1, -0.05) is 37.0 Å². The van der Waals surface area contributed by atoms with Crippen LogP contribution < -0.4 is 5.76 Å². The van der Waals surface area contributed by atoms with Gasteiger partial charge >= 0.3 is 5.76 Å². The van der Waals surface area contributed by atoms with Gasteiger partial charge in [0.1, 0.15) is 0 Å². The molecule has 4 nitrogen and oxygen atoms in total. The number of rotatable bonds is 4. The molecule has 1 N–H and O–H groups in total. The van der Waals surface area contributed by atoms with Crippen molar-refractivity contribution in [1.82, 2.24) is 10.2 Å². The zero-order valence-corrected chi connectivity index (χ0v) is 8.49. The predicted molar refractivity (Wildman–Crippen MR) is 59.3 cm³/mol. The van der Waals surface area contributed by atoms with Gasteiger partial charge in [0.2, 0.25) is 5.89 Å². The molecular weight excluding hydrogens is 192 g/mol. The Morgan fingerprint density at radius 1 is 1.40 bits per heavy atom. The number of aromatic amines is 1. The molecule has 0 spiro atoms. The fraction of sp³-hybridized carbons (Fsp3) is 0.0909. The van der Waals surface area contributed by atoms with Crippen LogP contribution in [0.15, 0.2) is 52.2 Å². The zero-order chi connectivity index (χ0) is 11.3. The lowest BCUT2D eigenvalue weighted by atomic mass is 10.2. The maximum absolute atomic E-state index is 10.7. The molecule has 1 aromatic rings. The molecule has 0 saturated heterocycles. The number of allylic oxidation sites excluding steroid dienone is 6. The van der Waals surface area contributed by atoms with Gasteiger partial charge in [0.05, 0.1) is 0 Å². The fourth-order valence-electron chi connectivity index (χ4n) is 0.869. The summed E-state index contributed by atoms with van der Waals surface area (Å²) in [7, 11) is 0. The van der Waals surface area contributed by atoms with Crippen molar-refractivity contribution in [3.8, 4) is 0 Å². The van der Waals surface area contributed by atoms with Crippen LogP contribution in [0.5, 0.6) is 0 Å². The third kappa shape index (κ3) is 2.95. The van der Waals surface area contributed by atoms with Gasteiger partial charge in [-0.25, -0.2) is 9.89 Å². The summed E-state index contributed by atoms with van der Waals surface area (Å²) in [4.78, 5) is 10.7. The van der Waals surface area contributed by atoms with Gasteiger partial charge in [-0.3, -0.25) is 0 Å². The first-order valence-electron chi connectivity index (χ1n) is 4.36. The lowest BCUT2D eigenvalue weighted by molar-refractivity contribution is 0.501. The number of hydrogen-bond acceptors (Lipinski definition) is 3. The maximum Gasteiger partial charge on any atom is 0.434 e. The summed E-state index contributed by atoms with van der Waals surface area (Å²) in [6.45, 7) is 9.14. The van der Waals surface area contributed by atoms with Crippen LogP contribution in [0, 0.1) is 0 Å². The third-order valence-corrected chi connectivity index (χ3v) is 1.75. The molecule has 0 saturated carbocycles. The van der Waals surface area contributed by atoms with E-state index in [0.29, 0.717) is 5.57 Å². The number of aromatic nitrogens is 2. The Morgan fingerprint density at radius 2 is 2.13 bits per heavy atom. The highest BCUT2D eigenvalue weighted by molar-refractivity contribution is 5.69. The summed E-state index contributed by atoms with van der Waals surface area (Å²) >= 11 is 0. The minimum Gasteiger partial charge on any atom is -0.388 e. The van der Waals surface area contributed by atoms with Crippen molar-refractivity contribution in [2.24, 2.45) is 0 Å². The second-order valence-electron chi connectivity index (χ2n) is 2.86. The van der Waals surface area contributed by atoms with E-state index >= 15 is 0 Å². The van der Waals surface area contributed by atoms with E-state index in [1.165, 1.54) is 0 Å². The van der Waals surface area contributed by atoms with Gasteiger partial charge in [-0.15, -0.1) is 5.10 Å². The van der Waals surface area contributed by atoms with Gasteiger partial charge < -0.3 is 4.42 Å². The molecule has 15 heavy (non-hydrogen) atoms. The van der Waals surface area contributed by atoms with Gasteiger partial charge in [-0.2, -0.15) is 0 Å². The van der Waals surface area contributed by atoms with Gasteiger partial charge in [-0.05, 0) is 13.0 Å². The van der Waals surface area contributed by atoms with E-state index in [9.17, 15) is 4.79 Å². The summed E-state index contributed by atoms with van der Waals surface area (Å²) < 4.78 is 4.79. The number of H-pyrrole nitrogens is 1. The molecule has 78 valence electrons. The first kappa shape index (κ1) is 11.0. The number of nitrogens with zero attached hydrogens (tertiary/aromatic N) is 1. The Morgan fingerprint density at radius 3 is 2.60 bits per heavy atom. The molecule has 4 heteroatoms. The van der Waals surface area contributed by atoms with E-state index in [-0.39, 0.29) is 5.89 Å². The molecule has 0 aliphatic heterocycles. The van der Waals surface area contributed by atoms with Crippen molar-refractivity contribution in [3.05, 3.63) is 59.5 Å². The van der Waals surface area contributed by atoms with Crippen molar-refractivity contribution in [3.63, 3.8) is 0 Å². The molecule has 0 amide bonds. The fourth-order valence-corrected chi connectivity index (χ4v) is 0.869. The third-order valence-electron chi connectivity index (χ3n) is 1.75. The van der Waals surface area contributed by atoms with Crippen LogP contribution in [0.3, 0.4) is 0 Å². The van der Waals surface area contributed by atoms with Crippen molar-refractivity contribution in [2.45, 2.75) is 6.92 Å². The van der Waals surface area contributed by atoms with Crippen LogP contribution in [0.25, 0.3) is 5.57 Å². The first-order chi connectivity index (χ1) is 7.17. The summed E-state index contributed by atoms with van der Waals surface area (Å²) in [6, 6.07) is 0. The highest BCUT2D eigenvalue weighted by Gasteiger charge is 2.03. The summed E-state index contributed by atoms with van der Waals surface area (Å²) in [5, 5.41) is 5.88. The lowest BCUT2D eigenvalue weighted by Gasteiger charge is -1.92. The van der Waals surface area contributed by atoms with Crippen LogP contribution >= 0.6 is 0 Å². The van der Waals surface area contributed by atoms with E-state index < -0.39 is 5.76 Å². The van der Waals surface area contributed by atoms with E-state index in [0.717, 1.165) is 5.57 Å². The monoisotopic (exact) mass is 204 g/mol. The van der Waals surface area contributed by atoms with Crippen molar-refractivity contribution >= 4 is 5.57 Å². The molecule has 0 radical (unpaired) electrons. The Kier molecular flexibility index (Phi) is 3.62. The van der Waals surface area contributed by atoms with Gasteiger partial charge in [0.25, 0.3) is 0 Å². The SMILES string of the molecule is C=C/C(C)=C\C=C(/C=C)c1n[nH]c(=O)o1. The van der Waals surface area contributed by atoms with E-state index in [4.69, 9.17) is 4.42 Å². The molecule has 0 aromatic carbocycles. The number of hydrogen-bond donors (Lipinski definition) is 1. The summed E-state index contributed by atoms with van der Waals surface area (Å²) in [5.74, 6) is -0.356. The average Bonchev–Trinajstić information content (AvgIpc) is 2.65. The second-order valence-corrected chi connectivity index (χ2v) is 2.86. The van der Waals surface area contributed by atoms with Crippen LogP contribution in [-0.4, -0.2) is 10.2 Å². The molecule has 1 heterocycles. The quantitative estimate of drug-likeness (QED) is 0.764. The molecule has 1 rings (SSSR count). The molecule has 0 bridgehead atoms. The normalized spacial score (nSPS) is 12.6. The topological polar surface area (TPSA) is 58.9 Å². The Bertz CT molecular complexity index is 475. The molecule has 0 aliphatic carbocycles. The molecule has 0 fully saturated rings. The number of nitrogens with one attached hydrogen (secondary N) is 1. The zero-order valence-electron chi connectivity index (χ0n) is 8.49. The largest absolute Gasteiger partial charge is 0.434 e. The molecule has 1 aromatic heterocycles. The smallest absolute Gasteiger partial charge is 0.388 e. The summed E-state index contributed by atoms with van der Waals surface area (Å²) in [6.07, 6.45) is 6.87. The highest BCUT2D eigenvalue weighted by atomic mass is 16.4. The average molecular weight is 204 g/mol. The first-order valence-corrected chi connectivity index (χ1v) is 4.36. The Labute approximate surface area is 87.3 Å². The van der Waals surface area contributed by atoms with E-state index in [2.05, 4.69) is 23.4 Å². The van der Waals surface area contributed by atoms with Gasteiger partial charge in [0, 0.05) is 5.57 Å². The van der Waals surface area contributed by atoms with Crippen LogP contribution in [0.1, 0.15) is 12.8 Å². The predicted octanol–water partition coefficient (Wildman–Crippen LogP) is 2.06.